The highest BCUT2D eigenvalue weighted by Crippen LogP contribution is 2.28. The predicted molar refractivity (Wildman–Crippen MR) is 109 cm³/mol. The number of hydrogen-bond donors (Lipinski definition) is 2. The summed E-state index contributed by atoms with van der Waals surface area (Å²) in [7, 11) is 1.51. The van der Waals surface area contributed by atoms with Crippen LogP contribution < -0.4 is 15.0 Å². The fourth-order valence-electron chi connectivity index (χ4n) is 3.79. The Hall–Kier alpha value is -2.93. The van der Waals surface area contributed by atoms with Crippen LogP contribution in [0.4, 0.5) is 14.5 Å². The molecule has 1 aliphatic heterocycles. The molecule has 0 unspecified atom stereocenters. The number of H-pyrrole nitrogens is 1. The molecule has 2 N–H and O–H groups in total. The molecular formula is C22H24F2N4O. The summed E-state index contributed by atoms with van der Waals surface area (Å²) in [5.74, 6) is -0.0523. The number of ether oxygens (including phenoxy) is 1. The van der Waals surface area contributed by atoms with E-state index in [1.54, 1.807) is 24.4 Å². The maximum Gasteiger partial charge on any atom is 0.146 e. The fourth-order valence-corrected chi connectivity index (χ4v) is 3.79. The van der Waals surface area contributed by atoms with Crippen molar-refractivity contribution in [1.29, 1.82) is 0 Å². The molecule has 2 heterocycles. The van der Waals surface area contributed by atoms with Crippen LogP contribution in [0.5, 0.6) is 5.75 Å². The molecule has 2 aromatic carbocycles. The lowest BCUT2D eigenvalue weighted by molar-refractivity contribution is 0.411. The van der Waals surface area contributed by atoms with E-state index in [0.717, 1.165) is 31.5 Å². The Bertz CT molecular complexity index is 967. The van der Waals surface area contributed by atoms with E-state index in [-0.39, 0.29) is 11.6 Å². The third-order valence-corrected chi connectivity index (χ3v) is 5.43. The van der Waals surface area contributed by atoms with E-state index in [1.165, 1.54) is 19.2 Å². The highest BCUT2D eigenvalue weighted by atomic mass is 19.1. The third kappa shape index (κ3) is 4.24. The van der Waals surface area contributed by atoms with Crippen molar-refractivity contribution in [3.8, 4) is 17.0 Å². The number of aromatic amines is 1. The highest BCUT2D eigenvalue weighted by molar-refractivity contribution is 5.64. The van der Waals surface area contributed by atoms with Crippen molar-refractivity contribution in [2.24, 2.45) is 0 Å². The van der Waals surface area contributed by atoms with Gasteiger partial charge >= 0.3 is 0 Å². The van der Waals surface area contributed by atoms with E-state index < -0.39 is 0 Å². The molecule has 0 aliphatic carbocycles. The topological polar surface area (TPSA) is 53.2 Å². The van der Waals surface area contributed by atoms with Gasteiger partial charge in [0.15, 0.2) is 0 Å². The molecule has 4 rings (SSSR count). The lowest BCUT2D eigenvalue weighted by atomic mass is 10.0. The van der Waals surface area contributed by atoms with Crippen LogP contribution in [0.25, 0.3) is 11.3 Å². The molecule has 0 atom stereocenters. The Morgan fingerprint density at radius 3 is 2.66 bits per heavy atom. The minimum Gasteiger partial charge on any atom is -0.497 e. The molecule has 1 saturated heterocycles. The summed E-state index contributed by atoms with van der Waals surface area (Å²) in [6.45, 7) is 2.18. The van der Waals surface area contributed by atoms with Gasteiger partial charge < -0.3 is 15.0 Å². The van der Waals surface area contributed by atoms with Crippen LogP contribution in [0.15, 0.2) is 48.7 Å². The molecule has 7 heteroatoms. The summed E-state index contributed by atoms with van der Waals surface area (Å²) >= 11 is 0. The van der Waals surface area contributed by atoms with Crippen molar-refractivity contribution in [2.75, 3.05) is 25.1 Å². The average molecular weight is 398 g/mol. The SMILES string of the molecule is COc1ccc(-c2[nH]ncc2CNC2CCN(c3ccccc3F)CC2)c(F)c1. The number of para-hydroxylation sites is 1. The summed E-state index contributed by atoms with van der Waals surface area (Å²) in [4.78, 5) is 2.09. The molecule has 152 valence electrons. The number of halogens is 2. The summed E-state index contributed by atoms with van der Waals surface area (Å²) < 4.78 is 33.5. The lowest BCUT2D eigenvalue weighted by Crippen LogP contribution is -2.42. The number of hydrogen-bond acceptors (Lipinski definition) is 4. The first-order valence-electron chi connectivity index (χ1n) is 9.74. The minimum atomic E-state index is -0.354. The van der Waals surface area contributed by atoms with E-state index >= 15 is 0 Å². The fraction of sp³-hybridized carbons (Fsp3) is 0.318. The van der Waals surface area contributed by atoms with Crippen molar-refractivity contribution in [3.63, 3.8) is 0 Å². The summed E-state index contributed by atoms with van der Waals surface area (Å²) in [5, 5.41) is 10.5. The summed E-state index contributed by atoms with van der Waals surface area (Å²) in [5.41, 5.74) is 2.71. The van der Waals surface area contributed by atoms with Crippen LogP contribution in [-0.2, 0) is 6.54 Å². The second kappa shape index (κ2) is 8.61. The Labute approximate surface area is 168 Å². The zero-order valence-electron chi connectivity index (χ0n) is 16.3. The second-order valence-electron chi connectivity index (χ2n) is 7.21. The third-order valence-electron chi connectivity index (χ3n) is 5.43. The van der Waals surface area contributed by atoms with Crippen LogP contribution in [-0.4, -0.2) is 36.4 Å². The molecule has 0 spiro atoms. The monoisotopic (exact) mass is 398 g/mol. The Morgan fingerprint density at radius 1 is 1.14 bits per heavy atom. The van der Waals surface area contributed by atoms with Crippen LogP contribution in [0.1, 0.15) is 18.4 Å². The maximum atomic E-state index is 14.4. The van der Waals surface area contributed by atoms with E-state index in [9.17, 15) is 8.78 Å². The number of piperidine rings is 1. The van der Waals surface area contributed by atoms with Gasteiger partial charge in [-0.3, -0.25) is 5.10 Å². The number of rotatable bonds is 6. The van der Waals surface area contributed by atoms with Crippen molar-refractivity contribution in [2.45, 2.75) is 25.4 Å². The number of nitrogens with one attached hydrogen (secondary N) is 2. The van der Waals surface area contributed by atoms with Crippen molar-refractivity contribution >= 4 is 5.69 Å². The van der Waals surface area contributed by atoms with Gasteiger partial charge in [-0.1, -0.05) is 12.1 Å². The predicted octanol–water partition coefficient (Wildman–Crippen LogP) is 4.12. The first-order chi connectivity index (χ1) is 14.2. The van der Waals surface area contributed by atoms with Crippen LogP contribution in [0.3, 0.4) is 0 Å². The summed E-state index contributed by atoms with van der Waals surface area (Å²) in [6.07, 6.45) is 3.55. The summed E-state index contributed by atoms with van der Waals surface area (Å²) in [6, 6.07) is 12.0. The van der Waals surface area contributed by atoms with Gasteiger partial charge in [0, 0.05) is 42.9 Å². The number of aromatic nitrogens is 2. The molecule has 5 nitrogen and oxygen atoms in total. The van der Waals surface area contributed by atoms with Gasteiger partial charge in [-0.25, -0.2) is 8.78 Å². The standard InChI is InChI=1S/C22H24F2N4O/c1-29-17-6-7-18(20(24)12-17)22-15(14-26-27-22)13-25-16-8-10-28(11-9-16)21-5-3-2-4-19(21)23/h2-7,12,14,16,25H,8-11,13H2,1H3,(H,26,27). The smallest absolute Gasteiger partial charge is 0.146 e. The second-order valence-corrected chi connectivity index (χ2v) is 7.21. The van der Waals surface area contributed by atoms with Gasteiger partial charge in [0.05, 0.1) is 24.7 Å². The van der Waals surface area contributed by atoms with Gasteiger partial charge in [-0.05, 0) is 37.1 Å². The first kappa shape index (κ1) is 19.4. The number of methoxy groups -OCH3 is 1. The van der Waals surface area contributed by atoms with Crippen LogP contribution >= 0.6 is 0 Å². The zero-order valence-corrected chi connectivity index (χ0v) is 16.3. The lowest BCUT2D eigenvalue weighted by Gasteiger charge is -2.34. The van der Waals surface area contributed by atoms with Crippen LogP contribution in [0, 0.1) is 11.6 Å². The molecule has 1 fully saturated rings. The Kier molecular flexibility index (Phi) is 5.76. The normalized spacial score (nSPS) is 14.9. The molecule has 3 aromatic rings. The average Bonchev–Trinajstić information content (AvgIpc) is 3.21. The number of anilines is 1. The first-order valence-corrected chi connectivity index (χ1v) is 9.74. The van der Waals surface area contributed by atoms with E-state index in [1.807, 2.05) is 12.1 Å². The Morgan fingerprint density at radius 2 is 1.93 bits per heavy atom. The van der Waals surface area contributed by atoms with Crippen molar-refractivity contribution in [3.05, 3.63) is 65.9 Å². The van der Waals surface area contributed by atoms with E-state index in [2.05, 4.69) is 20.4 Å². The minimum absolute atomic E-state index is 0.177. The van der Waals surface area contributed by atoms with Gasteiger partial charge in [-0.2, -0.15) is 5.10 Å². The highest BCUT2D eigenvalue weighted by Gasteiger charge is 2.21. The van der Waals surface area contributed by atoms with Crippen LogP contribution in [0.2, 0.25) is 0 Å². The zero-order chi connectivity index (χ0) is 20.2. The molecule has 29 heavy (non-hydrogen) atoms. The molecule has 1 aromatic heterocycles. The van der Waals surface area contributed by atoms with E-state index in [4.69, 9.17) is 4.74 Å². The Balaban J connectivity index is 1.37. The van der Waals surface area contributed by atoms with E-state index in [0.29, 0.717) is 35.3 Å². The van der Waals surface area contributed by atoms with Crippen molar-refractivity contribution < 1.29 is 13.5 Å². The van der Waals surface area contributed by atoms with Gasteiger partial charge in [0.25, 0.3) is 0 Å². The molecule has 0 radical (unpaired) electrons. The van der Waals surface area contributed by atoms with Gasteiger partial charge in [0.2, 0.25) is 0 Å². The maximum absolute atomic E-state index is 14.4. The largest absolute Gasteiger partial charge is 0.497 e. The number of benzene rings is 2. The van der Waals surface area contributed by atoms with Gasteiger partial charge in [-0.15, -0.1) is 0 Å². The van der Waals surface area contributed by atoms with Gasteiger partial charge in [0.1, 0.15) is 17.4 Å². The molecule has 0 amide bonds. The molecule has 1 aliphatic rings. The van der Waals surface area contributed by atoms with Crippen molar-refractivity contribution in [1.82, 2.24) is 15.5 Å². The molecular weight excluding hydrogens is 374 g/mol. The molecule has 0 saturated carbocycles. The molecule has 0 bridgehead atoms. The quantitative estimate of drug-likeness (QED) is 0.656. The number of nitrogens with zero attached hydrogens (tertiary/aromatic N) is 2.